The summed E-state index contributed by atoms with van der Waals surface area (Å²) in [7, 11) is 0. The average Bonchev–Trinajstić information content (AvgIpc) is 2.80. The van der Waals surface area contributed by atoms with E-state index in [1.807, 2.05) is 0 Å². The largest absolute Gasteiger partial charge is 0.491 e. The molecule has 0 aliphatic carbocycles. The molecule has 1 N–H and O–H groups in total. The lowest BCUT2D eigenvalue weighted by Crippen LogP contribution is -2.40. The number of nitrogens with one attached hydrogen (secondary N) is 1. The number of piperidine rings is 1. The fourth-order valence-corrected chi connectivity index (χ4v) is 3.51. The Morgan fingerprint density at radius 2 is 2.25 bits per heavy atom. The van der Waals surface area contributed by atoms with E-state index in [9.17, 15) is 0 Å². The van der Waals surface area contributed by atoms with Gasteiger partial charge < -0.3 is 10.1 Å². The van der Waals surface area contributed by atoms with Crippen molar-refractivity contribution in [2.45, 2.75) is 45.4 Å². The first-order chi connectivity index (χ1) is 9.70. The van der Waals surface area contributed by atoms with Gasteiger partial charge in [-0.1, -0.05) is 12.1 Å². The van der Waals surface area contributed by atoms with Gasteiger partial charge in [-0.3, -0.25) is 4.90 Å². The van der Waals surface area contributed by atoms with Gasteiger partial charge in [0, 0.05) is 25.7 Å². The first kappa shape index (κ1) is 13.9. The van der Waals surface area contributed by atoms with Crippen LogP contribution in [0.25, 0.3) is 0 Å². The summed E-state index contributed by atoms with van der Waals surface area (Å²) in [6.45, 7) is 8.83. The van der Waals surface area contributed by atoms with E-state index in [4.69, 9.17) is 4.74 Å². The van der Waals surface area contributed by atoms with Crippen LogP contribution in [0.1, 0.15) is 32.3 Å². The number of ether oxygens (including phenoxy) is 1. The second-order valence-corrected chi connectivity index (χ2v) is 6.47. The Balaban J connectivity index is 1.60. The molecular formula is C17H26N2O. The number of benzene rings is 1. The van der Waals surface area contributed by atoms with Crippen LogP contribution in [-0.4, -0.2) is 36.7 Å². The second-order valence-electron chi connectivity index (χ2n) is 6.47. The van der Waals surface area contributed by atoms with Crippen molar-refractivity contribution >= 4 is 0 Å². The highest BCUT2D eigenvalue weighted by atomic mass is 16.5. The quantitative estimate of drug-likeness (QED) is 0.913. The van der Waals surface area contributed by atoms with Crippen molar-refractivity contribution in [3.8, 4) is 5.75 Å². The third kappa shape index (κ3) is 3.33. The van der Waals surface area contributed by atoms with Crippen molar-refractivity contribution < 1.29 is 4.74 Å². The van der Waals surface area contributed by atoms with Crippen LogP contribution >= 0.6 is 0 Å². The lowest BCUT2D eigenvalue weighted by molar-refractivity contribution is 0.241. The third-order valence-corrected chi connectivity index (χ3v) is 4.35. The molecule has 0 saturated carbocycles. The number of hydrogen-bond donors (Lipinski definition) is 1. The molecule has 2 saturated heterocycles. The number of hydrogen-bond acceptors (Lipinski definition) is 3. The molecule has 3 nitrogen and oxygen atoms in total. The molecule has 2 fully saturated rings. The maximum absolute atomic E-state index is 5.78. The molecule has 0 spiro atoms. The first-order valence-electron chi connectivity index (χ1n) is 7.92. The predicted octanol–water partition coefficient (Wildman–Crippen LogP) is 2.66. The molecule has 110 valence electrons. The Hall–Kier alpha value is -1.06. The van der Waals surface area contributed by atoms with E-state index in [-0.39, 0.29) is 6.10 Å². The fourth-order valence-electron chi connectivity index (χ4n) is 3.51. The summed E-state index contributed by atoms with van der Waals surface area (Å²) < 4.78 is 5.78. The molecule has 1 aromatic carbocycles. The summed E-state index contributed by atoms with van der Waals surface area (Å²) in [4.78, 5) is 2.59. The van der Waals surface area contributed by atoms with Crippen LogP contribution in [0.3, 0.4) is 0 Å². The zero-order chi connectivity index (χ0) is 13.9. The van der Waals surface area contributed by atoms with Gasteiger partial charge in [0.25, 0.3) is 0 Å². The maximum atomic E-state index is 5.78. The van der Waals surface area contributed by atoms with Gasteiger partial charge in [-0.05, 0) is 56.8 Å². The number of fused-ring (bicyclic) bond motifs is 1. The highest BCUT2D eigenvalue weighted by molar-refractivity contribution is 5.28. The first-order valence-corrected chi connectivity index (χ1v) is 7.92. The van der Waals surface area contributed by atoms with E-state index in [1.54, 1.807) is 0 Å². The lowest BCUT2D eigenvalue weighted by atomic mass is 9.94. The molecule has 1 aromatic rings. The van der Waals surface area contributed by atoms with Crippen LogP contribution in [0.5, 0.6) is 5.75 Å². The average molecular weight is 274 g/mol. The Kier molecular flexibility index (Phi) is 4.27. The molecule has 0 bridgehead atoms. The minimum absolute atomic E-state index is 0.240. The Morgan fingerprint density at radius 3 is 3.05 bits per heavy atom. The minimum Gasteiger partial charge on any atom is -0.491 e. The molecule has 0 aromatic heterocycles. The highest BCUT2D eigenvalue weighted by Gasteiger charge is 2.33. The van der Waals surface area contributed by atoms with Crippen LogP contribution in [-0.2, 0) is 6.54 Å². The van der Waals surface area contributed by atoms with E-state index < -0.39 is 0 Å². The standard InChI is InChI=1S/C17H26N2O/c1-13(2)20-16-7-3-5-14(9-16)10-19-11-15-6-4-8-18-17(15)12-19/h3,5,7,9,13,15,17-18H,4,6,8,10-12H2,1-2H3. The van der Waals surface area contributed by atoms with Gasteiger partial charge in [0.05, 0.1) is 6.10 Å². The molecule has 3 rings (SSSR count). The van der Waals surface area contributed by atoms with Crippen molar-refractivity contribution in [3.63, 3.8) is 0 Å². The van der Waals surface area contributed by atoms with Crippen molar-refractivity contribution in [3.05, 3.63) is 29.8 Å². The highest BCUT2D eigenvalue weighted by Crippen LogP contribution is 2.26. The summed E-state index contributed by atoms with van der Waals surface area (Å²) in [6.07, 6.45) is 2.97. The smallest absolute Gasteiger partial charge is 0.120 e. The lowest BCUT2D eigenvalue weighted by Gasteiger charge is -2.24. The molecule has 0 radical (unpaired) electrons. The summed E-state index contributed by atoms with van der Waals surface area (Å²) >= 11 is 0. The Bertz CT molecular complexity index is 432. The van der Waals surface area contributed by atoms with Gasteiger partial charge in [0.1, 0.15) is 5.75 Å². The molecular weight excluding hydrogens is 248 g/mol. The van der Waals surface area contributed by atoms with Gasteiger partial charge in [0.15, 0.2) is 0 Å². The van der Waals surface area contributed by atoms with Gasteiger partial charge in [-0.15, -0.1) is 0 Å². The molecule has 20 heavy (non-hydrogen) atoms. The zero-order valence-corrected chi connectivity index (χ0v) is 12.6. The van der Waals surface area contributed by atoms with Crippen LogP contribution < -0.4 is 10.1 Å². The number of nitrogens with zero attached hydrogens (tertiary/aromatic N) is 1. The van der Waals surface area contributed by atoms with Gasteiger partial charge in [0.2, 0.25) is 0 Å². The topological polar surface area (TPSA) is 24.5 Å². The van der Waals surface area contributed by atoms with Crippen molar-refractivity contribution in [1.82, 2.24) is 10.2 Å². The monoisotopic (exact) mass is 274 g/mol. The summed E-state index contributed by atoms with van der Waals surface area (Å²) in [5.74, 6) is 1.85. The third-order valence-electron chi connectivity index (χ3n) is 4.35. The molecule has 2 aliphatic rings. The predicted molar refractivity (Wildman–Crippen MR) is 82.0 cm³/mol. The van der Waals surface area contributed by atoms with Gasteiger partial charge in [-0.25, -0.2) is 0 Å². The Labute approximate surface area is 122 Å². The SMILES string of the molecule is CC(C)Oc1cccc(CN2CC3CCCNC3C2)c1. The van der Waals surface area contributed by atoms with E-state index in [2.05, 4.69) is 48.3 Å². The van der Waals surface area contributed by atoms with Crippen LogP contribution in [0.15, 0.2) is 24.3 Å². The molecule has 2 atom stereocenters. The van der Waals surface area contributed by atoms with Crippen LogP contribution in [0, 0.1) is 5.92 Å². The summed E-state index contributed by atoms with van der Waals surface area (Å²) in [6, 6.07) is 9.28. The second kappa shape index (κ2) is 6.15. The summed E-state index contributed by atoms with van der Waals surface area (Å²) in [5, 5.41) is 3.67. The van der Waals surface area contributed by atoms with Crippen LogP contribution in [0.4, 0.5) is 0 Å². The van der Waals surface area contributed by atoms with E-state index in [0.29, 0.717) is 0 Å². The maximum Gasteiger partial charge on any atom is 0.120 e. The van der Waals surface area contributed by atoms with E-state index in [0.717, 1.165) is 24.3 Å². The van der Waals surface area contributed by atoms with Crippen molar-refractivity contribution in [1.29, 1.82) is 0 Å². The van der Waals surface area contributed by atoms with E-state index in [1.165, 1.54) is 38.0 Å². The van der Waals surface area contributed by atoms with Crippen molar-refractivity contribution in [2.75, 3.05) is 19.6 Å². The Morgan fingerprint density at radius 1 is 1.35 bits per heavy atom. The van der Waals surface area contributed by atoms with E-state index >= 15 is 0 Å². The van der Waals surface area contributed by atoms with Crippen molar-refractivity contribution in [2.24, 2.45) is 5.92 Å². The molecule has 2 unspecified atom stereocenters. The summed E-state index contributed by atoms with van der Waals surface area (Å²) in [5.41, 5.74) is 1.36. The van der Waals surface area contributed by atoms with Gasteiger partial charge in [-0.2, -0.15) is 0 Å². The molecule has 3 heteroatoms. The normalized spacial score (nSPS) is 26.8. The number of likely N-dealkylation sites (tertiary alicyclic amines) is 1. The van der Waals surface area contributed by atoms with Crippen LogP contribution in [0.2, 0.25) is 0 Å². The molecule has 0 amide bonds. The molecule has 2 heterocycles. The fraction of sp³-hybridized carbons (Fsp3) is 0.647. The molecule has 2 aliphatic heterocycles. The minimum atomic E-state index is 0.240. The zero-order valence-electron chi connectivity index (χ0n) is 12.6. The number of rotatable bonds is 4. The van der Waals surface area contributed by atoms with Gasteiger partial charge >= 0.3 is 0 Å².